The molecule has 0 unspecified atom stereocenters. The van der Waals surface area contributed by atoms with Gasteiger partial charge in [0.25, 0.3) is 0 Å². The molecule has 0 bridgehead atoms. The largest absolute Gasteiger partial charge is 0.481 e. The predicted octanol–water partition coefficient (Wildman–Crippen LogP) is 2.33. The Hall–Kier alpha value is -2.69. The second kappa shape index (κ2) is 4.77. The lowest BCUT2D eigenvalue weighted by molar-refractivity contribution is -0.136. The minimum atomic E-state index is -0.889. The molecule has 5 heteroatoms. The molecule has 0 amide bonds. The molecule has 100 valence electrons. The zero-order valence-corrected chi connectivity index (χ0v) is 10.9. The number of rotatable bonds is 3. The Morgan fingerprint density at radius 2 is 2.10 bits per heavy atom. The minimum absolute atomic E-state index is 0.0931. The molecular formula is C15H13N3O2. The van der Waals surface area contributed by atoms with Crippen LogP contribution in [0.1, 0.15) is 11.1 Å². The maximum Gasteiger partial charge on any atom is 0.308 e. The Balaban J connectivity index is 2.29. The summed E-state index contributed by atoms with van der Waals surface area (Å²) in [5, 5.41) is 13.6. The van der Waals surface area contributed by atoms with Crippen LogP contribution in [-0.2, 0) is 11.2 Å². The third-order valence-electron chi connectivity index (χ3n) is 3.22. The number of carboxylic acids is 1. The summed E-state index contributed by atoms with van der Waals surface area (Å²) in [5.41, 5.74) is 3.92. The van der Waals surface area contributed by atoms with E-state index >= 15 is 0 Å². The quantitative estimate of drug-likeness (QED) is 0.790. The first kappa shape index (κ1) is 12.3. The van der Waals surface area contributed by atoms with Crippen molar-refractivity contribution in [3.63, 3.8) is 0 Å². The van der Waals surface area contributed by atoms with E-state index in [0.29, 0.717) is 16.9 Å². The normalized spacial score (nSPS) is 10.8. The van der Waals surface area contributed by atoms with Crippen molar-refractivity contribution >= 4 is 11.6 Å². The summed E-state index contributed by atoms with van der Waals surface area (Å²) in [6, 6.07) is 9.57. The molecule has 0 saturated heterocycles. The summed E-state index contributed by atoms with van der Waals surface area (Å²) in [6.07, 6.45) is 3.32. The molecule has 0 aliphatic rings. The Morgan fingerprint density at radius 3 is 2.85 bits per heavy atom. The van der Waals surface area contributed by atoms with Gasteiger partial charge in [0.1, 0.15) is 0 Å². The monoisotopic (exact) mass is 267 g/mol. The van der Waals surface area contributed by atoms with Crippen LogP contribution in [-0.4, -0.2) is 25.7 Å². The smallest absolute Gasteiger partial charge is 0.308 e. The summed E-state index contributed by atoms with van der Waals surface area (Å²) in [5.74, 6) is -0.889. The van der Waals surface area contributed by atoms with Crippen LogP contribution in [0.2, 0.25) is 0 Å². The maximum absolute atomic E-state index is 11.1. The topological polar surface area (TPSA) is 67.5 Å². The number of carbonyl (C=O) groups is 1. The van der Waals surface area contributed by atoms with Gasteiger partial charge in [-0.1, -0.05) is 24.3 Å². The molecule has 5 nitrogen and oxygen atoms in total. The first-order valence-corrected chi connectivity index (χ1v) is 6.27. The van der Waals surface area contributed by atoms with E-state index in [-0.39, 0.29) is 6.42 Å². The predicted molar refractivity (Wildman–Crippen MR) is 74.5 cm³/mol. The number of carboxylic acid groups (broad SMARTS) is 1. The molecule has 0 aliphatic heterocycles. The van der Waals surface area contributed by atoms with E-state index in [1.165, 1.54) is 0 Å². The van der Waals surface area contributed by atoms with Gasteiger partial charge in [-0.3, -0.25) is 4.79 Å². The lowest BCUT2D eigenvalue weighted by atomic mass is 10.0. The zero-order chi connectivity index (χ0) is 14.1. The van der Waals surface area contributed by atoms with E-state index in [0.717, 1.165) is 11.1 Å². The van der Waals surface area contributed by atoms with Crippen molar-refractivity contribution in [1.29, 1.82) is 0 Å². The molecule has 0 radical (unpaired) electrons. The second-order valence-electron chi connectivity index (χ2n) is 4.60. The molecule has 0 atom stereocenters. The fraction of sp³-hybridized carbons (Fsp3) is 0.133. The van der Waals surface area contributed by atoms with E-state index in [2.05, 4.69) is 10.1 Å². The van der Waals surface area contributed by atoms with Crippen molar-refractivity contribution in [2.24, 2.45) is 0 Å². The van der Waals surface area contributed by atoms with Gasteiger partial charge in [0, 0.05) is 23.5 Å². The molecule has 1 aromatic carbocycles. The SMILES string of the molecule is Cc1ccccc1-c1nn2cccnc2c1CC(=O)O. The molecule has 1 N–H and O–H groups in total. The molecule has 0 fully saturated rings. The number of nitrogens with zero attached hydrogens (tertiary/aromatic N) is 3. The van der Waals surface area contributed by atoms with Crippen LogP contribution in [0.15, 0.2) is 42.7 Å². The number of fused-ring (bicyclic) bond motifs is 1. The van der Waals surface area contributed by atoms with Gasteiger partial charge in [0.05, 0.1) is 12.1 Å². The molecule has 2 aromatic heterocycles. The van der Waals surface area contributed by atoms with E-state index in [1.54, 1.807) is 23.0 Å². The van der Waals surface area contributed by atoms with Gasteiger partial charge in [0.2, 0.25) is 0 Å². The third kappa shape index (κ3) is 2.03. The standard InChI is InChI=1S/C15H13N3O2/c1-10-5-2-3-6-11(10)14-12(9-13(19)20)15-16-7-4-8-18(15)17-14/h2-8H,9H2,1H3,(H,19,20). The summed E-state index contributed by atoms with van der Waals surface area (Å²) < 4.78 is 1.63. The van der Waals surface area contributed by atoms with Gasteiger partial charge < -0.3 is 5.11 Å². The Labute approximate surface area is 115 Å². The van der Waals surface area contributed by atoms with Crippen LogP contribution < -0.4 is 0 Å². The van der Waals surface area contributed by atoms with Crippen LogP contribution in [0.3, 0.4) is 0 Å². The molecular weight excluding hydrogens is 254 g/mol. The summed E-state index contributed by atoms with van der Waals surface area (Å²) in [4.78, 5) is 15.4. The highest BCUT2D eigenvalue weighted by molar-refractivity contribution is 5.80. The third-order valence-corrected chi connectivity index (χ3v) is 3.22. The van der Waals surface area contributed by atoms with Crippen LogP contribution in [0, 0.1) is 6.92 Å². The lowest BCUT2D eigenvalue weighted by Crippen LogP contribution is -2.02. The molecule has 3 aromatic rings. The molecule has 0 saturated carbocycles. The zero-order valence-electron chi connectivity index (χ0n) is 10.9. The van der Waals surface area contributed by atoms with E-state index in [4.69, 9.17) is 5.11 Å². The summed E-state index contributed by atoms with van der Waals surface area (Å²) >= 11 is 0. The highest BCUT2D eigenvalue weighted by Crippen LogP contribution is 2.28. The van der Waals surface area contributed by atoms with Crippen molar-refractivity contribution in [3.8, 4) is 11.3 Å². The van der Waals surface area contributed by atoms with Crippen molar-refractivity contribution in [2.45, 2.75) is 13.3 Å². The fourth-order valence-corrected chi connectivity index (χ4v) is 2.30. The number of hydrogen-bond acceptors (Lipinski definition) is 3. The number of aryl methyl sites for hydroxylation is 1. The number of aliphatic carboxylic acids is 1. The van der Waals surface area contributed by atoms with Crippen molar-refractivity contribution < 1.29 is 9.90 Å². The second-order valence-corrected chi connectivity index (χ2v) is 4.60. The Bertz CT molecular complexity index is 793. The Kier molecular flexibility index (Phi) is 2.95. The number of aromatic nitrogens is 3. The van der Waals surface area contributed by atoms with E-state index in [9.17, 15) is 4.79 Å². The first-order chi connectivity index (χ1) is 9.66. The Morgan fingerprint density at radius 1 is 1.30 bits per heavy atom. The average molecular weight is 267 g/mol. The maximum atomic E-state index is 11.1. The first-order valence-electron chi connectivity index (χ1n) is 6.27. The van der Waals surface area contributed by atoms with Gasteiger partial charge in [0.15, 0.2) is 5.65 Å². The minimum Gasteiger partial charge on any atom is -0.481 e. The fourth-order valence-electron chi connectivity index (χ4n) is 2.30. The van der Waals surface area contributed by atoms with Gasteiger partial charge >= 0.3 is 5.97 Å². The van der Waals surface area contributed by atoms with Crippen LogP contribution in [0.25, 0.3) is 16.9 Å². The van der Waals surface area contributed by atoms with E-state index < -0.39 is 5.97 Å². The molecule has 0 spiro atoms. The molecule has 2 heterocycles. The van der Waals surface area contributed by atoms with Crippen molar-refractivity contribution in [3.05, 3.63) is 53.9 Å². The number of benzene rings is 1. The average Bonchev–Trinajstić information content (AvgIpc) is 2.78. The van der Waals surface area contributed by atoms with Gasteiger partial charge in [-0.05, 0) is 18.6 Å². The van der Waals surface area contributed by atoms with Gasteiger partial charge in [-0.2, -0.15) is 5.10 Å². The van der Waals surface area contributed by atoms with Crippen molar-refractivity contribution in [2.75, 3.05) is 0 Å². The summed E-state index contributed by atoms with van der Waals surface area (Å²) in [7, 11) is 0. The molecule has 20 heavy (non-hydrogen) atoms. The number of hydrogen-bond donors (Lipinski definition) is 1. The van der Waals surface area contributed by atoms with E-state index in [1.807, 2.05) is 31.2 Å². The van der Waals surface area contributed by atoms with Gasteiger partial charge in [-0.15, -0.1) is 0 Å². The highest BCUT2D eigenvalue weighted by atomic mass is 16.4. The van der Waals surface area contributed by atoms with Crippen LogP contribution in [0.4, 0.5) is 0 Å². The highest BCUT2D eigenvalue weighted by Gasteiger charge is 2.18. The van der Waals surface area contributed by atoms with Crippen LogP contribution >= 0.6 is 0 Å². The molecule has 3 rings (SSSR count). The summed E-state index contributed by atoms with van der Waals surface area (Å²) in [6.45, 7) is 1.98. The molecule has 0 aliphatic carbocycles. The van der Waals surface area contributed by atoms with Crippen molar-refractivity contribution in [1.82, 2.24) is 14.6 Å². The van der Waals surface area contributed by atoms with Gasteiger partial charge in [-0.25, -0.2) is 9.50 Å². The van der Waals surface area contributed by atoms with Crippen LogP contribution in [0.5, 0.6) is 0 Å². The lowest BCUT2D eigenvalue weighted by Gasteiger charge is -2.03.